The summed E-state index contributed by atoms with van der Waals surface area (Å²) in [6.45, 7) is 3.02. The molecule has 0 atom stereocenters. The van der Waals surface area contributed by atoms with E-state index >= 15 is 0 Å². The predicted molar refractivity (Wildman–Crippen MR) is 109 cm³/mol. The molecular weight excluding hydrogens is 402 g/mol. The zero-order valence-corrected chi connectivity index (χ0v) is 16.7. The summed E-state index contributed by atoms with van der Waals surface area (Å²) in [4.78, 5) is 9.04. The standard InChI is InChI=1S/C19H20ClN3O4S/c20-14-5-6-17-15(13-14)19(21-16-3-1-2-4-18(16)27-17)23-9-7-22(8-10-23)11-12-28(24,25)26/h1-6,13H,7-12H2,(H,24,25,26). The molecule has 0 bridgehead atoms. The second-order valence-corrected chi connectivity index (χ2v) is 8.77. The van der Waals surface area contributed by atoms with E-state index in [-0.39, 0.29) is 5.75 Å². The molecule has 148 valence electrons. The van der Waals surface area contributed by atoms with Gasteiger partial charge in [0.1, 0.15) is 17.3 Å². The normalized spacial score (nSPS) is 17.2. The van der Waals surface area contributed by atoms with E-state index in [1.54, 1.807) is 6.07 Å². The Hall–Kier alpha value is -2.13. The highest BCUT2D eigenvalue weighted by Crippen LogP contribution is 2.38. The summed E-state index contributed by atoms with van der Waals surface area (Å²) in [5, 5.41) is 0.604. The number of nitrogens with zero attached hydrogens (tertiary/aromatic N) is 3. The molecule has 0 spiro atoms. The SMILES string of the molecule is O=S(=O)(O)CCN1CCN(C2=Nc3ccccc3Oc3ccc(Cl)cc32)CC1. The van der Waals surface area contributed by atoms with Gasteiger partial charge in [-0.15, -0.1) is 0 Å². The average Bonchev–Trinajstić information content (AvgIpc) is 2.83. The quantitative estimate of drug-likeness (QED) is 0.767. The van der Waals surface area contributed by atoms with E-state index in [1.807, 2.05) is 41.3 Å². The average molecular weight is 422 g/mol. The maximum absolute atomic E-state index is 11.0. The lowest BCUT2D eigenvalue weighted by Gasteiger charge is -2.36. The van der Waals surface area contributed by atoms with Gasteiger partial charge in [-0.3, -0.25) is 9.45 Å². The first kappa shape index (κ1) is 19.2. The number of piperazine rings is 1. The van der Waals surface area contributed by atoms with E-state index in [2.05, 4.69) is 4.90 Å². The van der Waals surface area contributed by atoms with Crippen LogP contribution in [-0.4, -0.2) is 67.1 Å². The summed E-state index contributed by atoms with van der Waals surface area (Å²) in [5.41, 5.74) is 1.58. The van der Waals surface area contributed by atoms with E-state index in [0.717, 1.165) is 17.1 Å². The first-order chi connectivity index (χ1) is 13.4. The van der Waals surface area contributed by atoms with Crippen molar-refractivity contribution >= 4 is 33.2 Å². The van der Waals surface area contributed by atoms with Crippen molar-refractivity contribution in [3.8, 4) is 11.5 Å². The van der Waals surface area contributed by atoms with Gasteiger partial charge in [-0.25, -0.2) is 4.99 Å². The largest absolute Gasteiger partial charge is 0.454 e. The van der Waals surface area contributed by atoms with E-state index in [9.17, 15) is 8.42 Å². The molecule has 2 aliphatic heterocycles. The second-order valence-electron chi connectivity index (χ2n) is 6.76. The third kappa shape index (κ3) is 4.30. The number of aliphatic imine (C=N–C) groups is 1. The molecule has 2 aliphatic rings. The summed E-state index contributed by atoms with van der Waals surface area (Å²) >= 11 is 6.23. The minimum absolute atomic E-state index is 0.256. The monoisotopic (exact) mass is 421 g/mol. The molecule has 1 saturated heterocycles. The van der Waals surface area contributed by atoms with Gasteiger partial charge in [0.05, 0.1) is 11.3 Å². The van der Waals surface area contributed by atoms with Gasteiger partial charge in [-0.2, -0.15) is 8.42 Å². The molecule has 2 heterocycles. The molecular formula is C19H20ClN3O4S. The summed E-state index contributed by atoms with van der Waals surface area (Å²) in [7, 11) is -3.95. The van der Waals surface area contributed by atoms with Crippen molar-refractivity contribution in [2.75, 3.05) is 38.5 Å². The van der Waals surface area contributed by atoms with Crippen molar-refractivity contribution in [2.24, 2.45) is 4.99 Å². The minimum Gasteiger partial charge on any atom is -0.454 e. The number of hydrogen-bond donors (Lipinski definition) is 1. The number of rotatable bonds is 3. The summed E-state index contributed by atoms with van der Waals surface area (Å²) < 4.78 is 37.0. The van der Waals surface area contributed by atoms with Crippen molar-refractivity contribution < 1.29 is 17.7 Å². The molecule has 1 N–H and O–H groups in total. The van der Waals surface area contributed by atoms with Crippen LogP contribution in [0.3, 0.4) is 0 Å². The summed E-state index contributed by atoms with van der Waals surface area (Å²) in [6.07, 6.45) is 0. The fourth-order valence-corrected chi connectivity index (χ4v) is 4.02. The highest BCUT2D eigenvalue weighted by molar-refractivity contribution is 7.85. The van der Waals surface area contributed by atoms with Crippen molar-refractivity contribution in [1.82, 2.24) is 9.80 Å². The predicted octanol–water partition coefficient (Wildman–Crippen LogP) is 3.03. The topological polar surface area (TPSA) is 82.4 Å². The highest BCUT2D eigenvalue weighted by Gasteiger charge is 2.26. The maximum atomic E-state index is 11.0. The van der Waals surface area contributed by atoms with Gasteiger partial charge in [0.15, 0.2) is 5.75 Å². The van der Waals surface area contributed by atoms with Crippen LogP contribution in [0.15, 0.2) is 47.5 Å². The number of fused-ring (bicyclic) bond motifs is 2. The Morgan fingerprint density at radius 2 is 1.82 bits per heavy atom. The van der Waals surface area contributed by atoms with Crippen LogP contribution in [-0.2, 0) is 10.1 Å². The molecule has 0 saturated carbocycles. The van der Waals surface area contributed by atoms with E-state index in [4.69, 9.17) is 25.9 Å². The first-order valence-electron chi connectivity index (χ1n) is 8.97. The Kier molecular flexibility index (Phi) is 5.29. The molecule has 2 aromatic rings. The summed E-state index contributed by atoms with van der Waals surface area (Å²) in [5.74, 6) is 1.92. The molecule has 2 aromatic carbocycles. The Morgan fingerprint density at radius 1 is 1.07 bits per heavy atom. The third-order valence-electron chi connectivity index (χ3n) is 4.83. The number of para-hydroxylation sites is 2. The van der Waals surface area contributed by atoms with Crippen LogP contribution in [0.25, 0.3) is 0 Å². The fourth-order valence-electron chi connectivity index (χ4n) is 3.36. The maximum Gasteiger partial charge on any atom is 0.266 e. The zero-order chi connectivity index (χ0) is 19.7. The number of benzene rings is 2. The third-order valence-corrected chi connectivity index (χ3v) is 5.76. The van der Waals surface area contributed by atoms with E-state index in [1.165, 1.54) is 0 Å². The van der Waals surface area contributed by atoms with Gasteiger partial charge in [-0.1, -0.05) is 23.7 Å². The minimum atomic E-state index is -3.95. The van der Waals surface area contributed by atoms with Crippen molar-refractivity contribution in [2.45, 2.75) is 0 Å². The fraction of sp³-hybridized carbons (Fsp3) is 0.316. The van der Waals surface area contributed by atoms with Crippen LogP contribution in [0.4, 0.5) is 5.69 Å². The number of hydrogen-bond acceptors (Lipinski definition) is 6. The zero-order valence-electron chi connectivity index (χ0n) is 15.1. The lowest BCUT2D eigenvalue weighted by Crippen LogP contribution is -2.49. The molecule has 7 nitrogen and oxygen atoms in total. The number of halogens is 1. The van der Waals surface area contributed by atoms with Gasteiger partial charge in [0, 0.05) is 37.7 Å². The van der Waals surface area contributed by atoms with Gasteiger partial charge in [-0.05, 0) is 30.3 Å². The Morgan fingerprint density at radius 3 is 2.57 bits per heavy atom. The first-order valence-corrected chi connectivity index (χ1v) is 11.0. The highest BCUT2D eigenvalue weighted by atomic mass is 35.5. The van der Waals surface area contributed by atoms with Crippen molar-refractivity contribution in [1.29, 1.82) is 0 Å². The van der Waals surface area contributed by atoms with Crippen LogP contribution in [0.2, 0.25) is 5.02 Å². The van der Waals surface area contributed by atoms with Crippen LogP contribution in [0.5, 0.6) is 11.5 Å². The van der Waals surface area contributed by atoms with Crippen molar-refractivity contribution in [3.05, 3.63) is 53.1 Å². The van der Waals surface area contributed by atoms with Crippen LogP contribution >= 0.6 is 11.6 Å². The molecule has 28 heavy (non-hydrogen) atoms. The van der Waals surface area contributed by atoms with E-state index in [0.29, 0.717) is 49.2 Å². The van der Waals surface area contributed by atoms with Gasteiger partial charge in [0.2, 0.25) is 0 Å². The van der Waals surface area contributed by atoms with Gasteiger partial charge < -0.3 is 9.64 Å². The molecule has 1 fully saturated rings. The van der Waals surface area contributed by atoms with Crippen LogP contribution < -0.4 is 4.74 Å². The molecule has 4 rings (SSSR count). The molecule has 0 amide bonds. The number of amidine groups is 1. The molecule has 0 radical (unpaired) electrons. The van der Waals surface area contributed by atoms with Crippen molar-refractivity contribution in [3.63, 3.8) is 0 Å². The smallest absolute Gasteiger partial charge is 0.266 e. The Bertz CT molecular complexity index is 1020. The Labute approximate surface area is 168 Å². The molecule has 0 unspecified atom stereocenters. The molecule has 0 aromatic heterocycles. The molecule has 9 heteroatoms. The number of ether oxygens (including phenoxy) is 1. The summed E-state index contributed by atoms with van der Waals surface area (Å²) in [6, 6.07) is 13.1. The van der Waals surface area contributed by atoms with E-state index < -0.39 is 10.1 Å². The van der Waals surface area contributed by atoms with Gasteiger partial charge in [0.25, 0.3) is 10.1 Å². The lowest BCUT2D eigenvalue weighted by atomic mass is 10.1. The Balaban J connectivity index is 1.60. The van der Waals surface area contributed by atoms with Crippen LogP contribution in [0.1, 0.15) is 5.56 Å². The molecule has 0 aliphatic carbocycles. The lowest BCUT2D eigenvalue weighted by molar-refractivity contribution is 0.190. The van der Waals surface area contributed by atoms with Crippen LogP contribution in [0, 0.1) is 0 Å². The van der Waals surface area contributed by atoms with Gasteiger partial charge >= 0.3 is 0 Å². The second kappa shape index (κ2) is 7.71.